The highest BCUT2D eigenvalue weighted by atomic mass is 16.5. The van der Waals surface area contributed by atoms with Crippen molar-refractivity contribution >= 4 is 11.8 Å². The Kier molecular flexibility index (Phi) is 5.15. The van der Waals surface area contributed by atoms with Crippen LogP contribution in [0.5, 0.6) is 5.75 Å². The summed E-state index contributed by atoms with van der Waals surface area (Å²) < 4.78 is 5.84. The van der Waals surface area contributed by atoms with E-state index in [2.05, 4.69) is 34.4 Å². The highest BCUT2D eigenvalue weighted by molar-refractivity contribution is 5.51. The summed E-state index contributed by atoms with van der Waals surface area (Å²) in [5.41, 5.74) is 9.30. The molecule has 0 bridgehead atoms. The van der Waals surface area contributed by atoms with Crippen molar-refractivity contribution < 1.29 is 4.74 Å². The van der Waals surface area contributed by atoms with Gasteiger partial charge in [0, 0.05) is 18.5 Å². The predicted octanol–water partition coefficient (Wildman–Crippen LogP) is 1.93. The van der Waals surface area contributed by atoms with Gasteiger partial charge in [0.15, 0.2) is 0 Å². The molecular weight excluding hydrogens is 302 g/mol. The number of rotatable bonds is 5. The van der Waals surface area contributed by atoms with Crippen LogP contribution in [0.3, 0.4) is 0 Å². The molecule has 6 nitrogen and oxygen atoms in total. The first-order valence-corrected chi connectivity index (χ1v) is 8.44. The summed E-state index contributed by atoms with van der Waals surface area (Å²) in [5.74, 6) is 2.03. The molecule has 6 heteroatoms. The fourth-order valence-electron chi connectivity index (χ4n) is 2.81. The van der Waals surface area contributed by atoms with Crippen molar-refractivity contribution in [1.82, 2.24) is 15.3 Å². The van der Waals surface area contributed by atoms with Gasteiger partial charge in [-0.05, 0) is 38.9 Å². The third-order valence-electron chi connectivity index (χ3n) is 4.10. The summed E-state index contributed by atoms with van der Waals surface area (Å²) in [6, 6.07) is 8.18. The maximum absolute atomic E-state index is 5.87. The highest BCUT2D eigenvalue weighted by Crippen LogP contribution is 2.21. The summed E-state index contributed by atoms with van der Waals surface area (Å²) in [6.45, 7) is 6.56. The molecule has 2 heterocycles. The number of aryl methyl sites for hydroxylation is 1. The van der Waals surface area contributed by atoms with Gasteiger partial charge in [0.25, 0.3) is 0 Å². The molecule has 1 unspecified atom stereocenters. The number of nitrogens with two attached hydrogens (primary N) is 1. The Morgan fingerprint density at radius 1 is 1.21 bits per heavy atom. The summed E-state index contributed by atoms with van der Waals surface area (Å²) in [6.07, 6.45) is 1.79. The van der Waals surface area contributed by atoms with E-state index in [1.807, 2.05) is 24.3 Å². The molecular formula is C18H25N5O. The number of benzene rings is 1. The molecule has 1 aliphatic rings. The van der Waals surface area contributed by atoms with E-state index in [4.69, 9.17) is 10.5 Å². The number of aromatic nitrogens is 2. The molecule has 1 aromatic heterocycles. The Morgan fingerprint density at radius 2 is 1.96 bits per heavy atom. The zero-order valence-corrected chi connectivity index (χ0v) is 14.3. The molecule has 0 fully saturated rings. The second kappa shape index (κ2) is 7.49. The largest absolute Gasteiger partial charge is 0.491 e. The van der Waals surface area contributed by atoms with E-state index < -0.39 is 0 Å². The summed E-state index contributed by atoms with van der Waals surface area (Å²) in [5, 5.41) is 6.82. The van der Waals surface area contributed by atoms with Crippen LogP contribution in [0.2, 0.25) is 0 Å². The van der Waals surface area contributed by atoms with Crippen LogP contribution < -0.4 is 21.1 Å². The molecule has 3 rings (SSSR count). The van der Waals surface area contributed by atoms with Gasteiger partial charge in [-0.25, -0.2) is 4.98 Å². The summed E-state index contributed by atoms with van der Waals surface area (Å²) >= 11 is 0. The fraction of sp³-hybridized carbons (Fsp3) is 0.444. The molecule has 24 heavy (non-hydrogen) atoms. The number of ether oxygens (including phenoxy) is 1. The molecule has 1 aromatic carbocycles. The Labute approximate surface area is 142 Å². The van der Waals surface area contributed by atoms with Crippen molar-refractivity contribution in [2.24, 2.45) is 0 Å². The number of hydrogen-bond donors (Lipinski definition) is 3. The van der Waals surface area contributed by atoms with E-state index in [0.717, 1.165) is 48.8 Å². The first-order valence-electron chi connectivity index (χ1n) is 8.44. The number of nitrogens with zero attached hydrogens (tertiary/aromatic N) is 2. The van der Waals surface area contributed by atoms with Gasteiger partial charge in [-0.3, -0.25) is 0 Å². The lowest BCUT2D eigenvalue weighted by Gasteiger charge is -2.19. The molecule has 0 radical (unpaired) electrons. The lowest BCUT2D eigenvalue weighted by Crippen LogP contribution is -2.25. The first-order chi connectivity index (χ1) is 11.6. The minimum Gasteiger partial charge on any atom is -0.491 e. The number of hydrogen-bond acceptors (Lipinski definition) is 6. The summed E-state index contributed by atoms with van der Waals surface area (Å²) in [7, 11) is 0. The fourth-order valence-corrected chi connectivity index (χ4v) is 2.81. The van der Waals surface area contributed by atoms with E-state index in [-0.39, 0.29) is 6.04 Å². The number of fused-ring (bicyclic) bond motifs is 1. The van der Waals surface area contributed by atoms with Gasteiger partial charge < -0.3 is 21.1 Å². The van der Waals surface area contributed by atoms with Crippen LogP contribution >= 0.6 is 0 Å². The van der Waals surface area contributed by atoms with Gasteiger partial charge in [0.05, 0.1) is 11.7 Å². The van der Waals surface area contributed by atoms with Crippen molar-refractivity contribution in [2.75, 3.05) is 30.7 Å². The van der Waals surface area contributed by atoms with Crippen molar-refractivity contribution in [1.29, 1.82) is 0 Å². The third kappa shape index (κ3) is 4.14. The minimum atomic E-state index is 0.112. The molecule has 0 aliphatic carbocycles. The van der Waals surface area contributed by atoms with E-state index >= 15 is 0 Å². The molecule has 0 spiro atoms. The van der Waals surface area contributed by atoms with E-state index in [9.17, 15) is 0 Å². The predicted molar refractivity (Wildman–Crippen MR) is 96.5 cm³/mol. The number of nitrogen functional groups attached to an aromatic ring is 1. The second-order valence-electron chi connectivity index (χ2n) is 6.28. The lowest BCUT2D eigenvalue weighted by molar-refractivity contribution is 0.303. The van der Waals surface area contributed by atoms with Gasteiger partial charge in [0.1, 0.15) is 18.2 Å². The average Bonchev–Trinajstić information content (AvgIpc) is 2.80. The Hall–Kier alpha value is -2.34. The van der Waals surface area contributed by atoms with Crippen molar-refractivity contribution in [3.63, 3.8) is 0 Å². The van der Waals surface area contributed by atoms with Crippen LogP contribution in [-0.4, -0.2) is 35.7 Å². The van der Waals surface area contributed by atoms with Gasteiger partial charge in [-0.15, -0.1) is 0 Å². The maximum atomic E-state index is 5.87. The van der Waals surface area contributed by atoms with Gasteiger partial charge in [0.2, 0.25) is 5.95 Å². The van der Waals surface area contributed by atoms with Crippen molar-refractivity contribution in [3.05, 3.63) is 41.1 Å². The molecule has 2 aromatic rings. The zero-order valence-electron chi connectivity index (χ0n) is 14.3. The van der Waals surface area contributed by atoms with Crippen molar-refractivity contribution in [2.45, 2.75) is 32.7 Å². The monoisotopic (exact) mass is 327 g/mol. The SMILES string of the molecule is Cc1ccc(OCC(C)Nc2nc(N)nc3c2CCNCC3)cc1. The molecule has 0 amide bonds. The Balaban J connectivity index is 1.66. The Bertz CT molecular complexity index is 687. The minimum absolute atomic E-state index is 0.112. The molecule has 0 saturated heterocycles. The van der Waals surface area contributed by atoms with Crippen LogP contribution in [0.25, 0.3) is 0 Å². The normalized spacial score (nSPS) is 15.2. The smallest absolute Gasteiger partial charge is 0.222 e. The van der Waals surface area contributed by atoms with Gasteiger partial charge >= 0.3 is 0 Å². The Morgan fingerprint density at radius 3 is 2.75 bits per heavy atom. The maximum Gasteiger partial charge on any atom is 0.222 e. The van der Waals surface area contributed by atoms with Gasteiger partial charge in [-0.1, -0.05) is 17.7 Å². The molecule has 1 aliphatic heterocycles. The van der Waals surface area contributed by atoms with E-state index in [1.165, 1.54) is 5.56 Å². The molecule has 1 atom stereocenters. The molecule has 0 saturated carbocycles. The average molecular weight is 327 g/mol. The van der Waals surface area contributed by atoms with Crippen LogP contribution in [0.15, 0.2) is 24.3 Å². The van der Waals surface area contributed by atoms with Gasteiger partial charge in [-0.2, -0.15) is 4.98 Å². The quantitative estimate of drug-likeness (QED) is 0.778. The second-order valence-corrected chi connectivity index (χ2v) is 6.28. The lowest BCUT2D eigenvalue weighted by atomic mass is 10.1. The first kappa shape index (κ1) is 16.5. The zero-order chi connectivity index (χ0) is 16.9. The van der Waals surface area contributed by atoms with Crippen molar-refractivity contribution in [3.8, 4) is 5.75 Å². The molecule has 128 valence electrons. The number of anilines is 2. The van der Waals surface area contributed by atoms with Crippen LogP contribution in [0.1, 0.15) is 23.7 Å². The van der Waals surface area contributed by atoms with Crippen LogP contribution in [-0.2, 0) is 12.8 Å². The number of nitrogens with one attached hydrogen (secondary N) is 2. The van der Waals surface area contributed by atoms with Crippen LogP contribution in [0, 0.1) is 6.92 Å². The summed E-state index contributed by atoms with van der Waals surface area (Å²) in [4.78, 5) is 8.81. The highest BCUT2D eigenvalue weighted by Gasteiger charge is 2.17. The van der Waals surface area contributed by atoms with E-state index in [0.29, 0.717) is 12.6 Å². The van der Waals surface area contributed by atoms with Crippen LogP contribution in [0.4, 0.5) is 11.8 Å². The molecule has 4 N–H and O–H groups in total. The van der Waals surface area contributed by atoms with E-state index in [1.54, 1.807) is 0 Å². The standard InChI is InChI=1S/C18H25N5O/c1-12-3-5-14(6-4-12)24-11-13(2)21-17-15-7-9-20-10-8-16(15)22-18(19)23-17/h3-6,13,20H,7-11H2,1-2H3,(H3,19,21,22,23). The topological polar surface area (TPSA) is 85.1 Å². The third-order valence-corrected chi connectivity index (χ3v) is 4.10.